The lowest BCUT2D eigenvalue weighted by atomic mass is 10.3. The van der Waals surface area contributed by atoms with Gasteiger partial charge in [-0.3, -0.25) is 14.4 Å². The summed E-state index contributed by atoms with van der Waals surface area (Å²) < 4.78 is 48.5. The summed E-state index contributed by atoms with van der Waals surface area (Å²) in [5.74, 6) is -2.28. The van der Waals surface area contributed by atoms with Gasteiger partial charge in [0.1, 0.15) is 19.7 Å². The number of hydrogen-bond donors (Lipinski definition) is 0. The van der Waals surface area contributed by atoms with Gasteiger partial charge in [0.15, 0.2) is 0 Å². The Balaban J connectivity index is 4.36. The average Bonchev–Trinajstić information content (AvgIpc) is 2.41. The van der Waals surface area contributed by atoms with E-state index in [1.165, 1.54) is 0 Å². The van der Waals surface area contributed by atoms with Crippen LogP contribution >= 0.6 is 0 Å². The van der Waals surface area contributed by atoms with Crippen LogP contribution in [-0.2, 0) is 28.6 Å². The van der Waals surface area contributed by atoms with Gasteiger partial charge in [0.25, 0.3) is 0 Å². The molecule has 0 aromatic heterocycles. The minimum Gasteiger partial charge on any atom is -0.468 e. The minimum atomic E-state index is -4.49. The Hall–Kier alpha value is -1.84. The van der Waals surface area contributed by atoms with Crippen molar-refractivity contribution in [2.24, 2.45) is 0 Å². The predicted molar refractivity (Wildman–Crippen MR) is 62.1 cm³/mol. The summed E-state index contributed by atoms with van der Waals surface area (Å²) >= 11 is 0. The smallest absolute Gasteiger partial charge is 0.411 e. The molecule has 0 radical (unpaired) electrons. The molecule has 0 aromatic rings. The second kappa shape index (κ2) is 9.16. The van der Waals surface area contributed by atoms with Crippen molar-refractivity contribution in [1.82, 2.24) is 4.90 Å². The van der Waals surface area contributed by atoms with Gasteiger partial charge in [-0.1, -0.05) is 0 Å². The number of nitrogens with zero attached hydrogens (tertiary/aromatic N) is 1. The molecule has 0 spiro atoms. The van der Waals surface area contributed by atoms with Crippen LogP contribution < -0.4 is 0 Å². The Bertz CT molecular complexity index is 353. The largest absolute Gasteiger partial charge is 0.468 e. The maximum Gasteiger partial charge on any atom is 0.411 e. The number of methoxy groups -OCH3 is 2. The van der Waals surface area contributed by atoms with Crippen LogP contribution in [0.4, 0.5) is 13.2 Å². The molecular weight excluding hydrogens is 299 g/mol. The number of hydrogen-bond acceptors (Lipinski definition) is 6. The summed E-state index contributed by atoms with van der Waals surface area (Å²) in [6, 6.07) is 0. The fourth-order valence-corrected chi connectivity index (χ4v) is 1.18. The monoisotopic (exact) mass is 315 g/mol. The highest BCUT2D eigenvalue weighted by Gasteiger charge is 2.28. The van der Waals surface area contributed by atoms with E-state index in [0.29, 0.717) is 0 Å². The zero-order chi connectivity index (χ0) is 16.5. The molecule has 1 amide bonds. The van der Waals surface area contributed by atoms with E-state index in [0.717, 1.165) is 19.1 Å². The fourth-order valence-electron chi connectivity index (χ4n) is 1.18. The van der Waals surface area contributed by atoms with E-state index in [1.54, 1.807) is 0 Å². The molecule has 0 saturated carbocycles. The van der Waals surface area contributed by atoms with Crippen molar-refractivity contribution in [1.29, 1.82) is 0 Å². The fraction of sp³-hybridized carbons (Fsp3) is 0.727. The van der Waals surface area contributed by atoms with E-state index in [-0.39, 0.29) is 0 Å². The Morgan fingerprint density at radius 1 is 1.00 bits per heavy atom. The molecule has 0 rings (SSSR count). The van der Waals surface area contributed by atoms with Gasteiger partial charge in [0, 0.05) is 0 Å². The minimum absolute atomic E-state index is 0.413. The molecule has 122 valence electrons. The number of ether oxygens (including phenoxy) is 3. The number of alkyl halides is 3. The van der Waals surface area contributed by atoms with Crippen molar-refractivity contribution < 1.29 is 41.8 Å². The highest BCUT2D eigenvalue weighted by atomic mass is 19.4. The van der Waals surface area contributed by atoms with Crippen molar-refractivity contribution >= 4 is 17.8 Å². The van der Waals surface area contributed by atoms with Crippen molar-refractivity contribution in [2.45, 2.75) is 12.6 Å². The summed E-state index contributed by atoms with van der Waals surface area (Å²) in [4.78, 5) is 34.8. The standard InChI is InChI=1S/C11H16F3NO6/c1-19-9(17)5-15(6-10(18)20-2)8(16)3-4-21-7-11(12,13)14/h3-7H2,1-2H3. The zero-order valence-electron chi connectivity index (χ0n) is 11.6. The molecular formula is C11H16F3NO6. The van der Waals surface area contributed by atoms with Crippen molar-refractivity contribution in [3.05, 3.63) is 0 Å². The molecule has 0 bridgehead atoms. The lowest BCUT2D eigenvalue weighted by Crippen LogP contribution is -2.40. The van der Waals surface area contributed by atoms with E-state index in [1.807, 2.05) is 0 Å². The van der Waals surface area contributed by atoms with Crippen LogP contribution in [0.2, 0.25) is 0 Å². The highest BCUT2D eigenvalue weighted by Crippen LogP contribution is 2.14. The summed E-state index contributed by atoms with van der Waals surface area (Å²) in [7, 11) is 2.19. The van der Waals surface area contributed by atoms with E-state index in [4.69, 9.17) is 0 Å². The summed E-state index contributed by atoms with van der Waals surface area (Å²) in [5.41, 5.74) is 0. The summed E-state index contributed by atoms with van der Waals surface area (Å²) in [6.45, 7) is -2.99. The van der Waals surface area contributed by atoms with Crippen LogP contribution in [0.1, 0.15) is 6.42 Å². The van der Waals surface area contributed by atoms with Gasteiger partial charge in [-0.15, -0.1) is 0 Å². The molecule has 0 aromatic carbocycles. The summed E-state index contributed by atoms with van der Waals surface area (Å²) in [6.07, 6.45) is -4.90. The number of rotatable bonds is 8. The maximum atomic E-state index is 11.8. The number of esters is 2. The van der Waals surface area contributed by atoms with Crippen LogP contribution in [0.25, 0.3) is 0 Å². The normalized spacial score (nSPS) is 10.9. The molecule has 0 unspecified atom stereocenters. The second-order valence-electron chi connectivity index (χ2n) is 3.82. The summed E-state index contributed by atoms with van der Waals surface area (Å²) in [5, 5.41) is 0. The maximum absolute atomic E-state index is 11.8. The third kappa shape index (κ3) is 9.66. The first-order chi connectivity index (χ1) is 9.69. The number of carbonyl (C=O) groups is 3. The van der Waals surface area contributed by atoms with Crippen LogP contribution in [0.3, 0.4) is 0 Å². The molecule has 0 heterocycles. The van der Waals surface area contributed by atoms with E-state index >= 15 is 0 Å². The third-order valence-electron chi connectivity index (χ3n) is 2.17. The SMILES string of the molecule is COC(=O)CN(CC(=O)OC)C(=O)CCOCC(F)(F)F. The van der Waals surface area contributed by atoms with Crippen molar-refractivity contribution in [3.8, 4) is 0 Å². The molecule has 0 aliphatic rings. The topological polar surface area (TPSA) is 82.1 Å². The van der Waals surface area contributed by atoms with Crippen LogP contribution in [0.5, 0.6) is 0 Å². The molecule has 21 heavy (non-hydrogen) atoms. The molecule has 0 aliphatic carbocycles. The lowest BCUT2D eigenvalue weighted by Gasteiger charge is -2.20. The number of halogens is 3. The van der Waals surface area contributed by atoms with Gasteiger partial charge in [-0.05, 0) is 0 Å². The van der Waals surface area contributed by atoms with Crippen LogP contribution in [-0.4, -0.2) is 69.4 Å². The van der Waals surface area contributed by atoms with Crippen LogP contribution in [0.15, 0.2) is 0 Å². The molecule has 0 atom stereocenters. The average molecular weight is 315 g/mol. The van der Waals surface area contributed by atoms with Gasteiger partial charge in [-0.2, -0.15) is 13.2 Å². The van der Waals surface area contributed by atoms with Crippen LogP contribution in [0, 0.1) is 0 Å². The molecule has 0 aliphatic heterocycles. The van der Waals surface area contributed by atoms with Gasteiger partial charge < -0.3 is 19.1 Å². The first-order valence-corrected chi connectivity index (χ1v) is 5.75. The van der Waals surface area contributed by atoms with Gasteiger partial charge in [0.2, 0.25) is 5.91 Å². The molecule has 0 saturated heterocycles. The number of carbonyl (C=O) groups excluding carboxylic acids is 3. The lowest BCUT2D eigenvalue weighted by molar-refractivity contribution is -0.175. The molecule has 7 nitrogen and oxygen atoms in total. The van der Waals surface area contributed by atoms with Gasteiger partial charge >= 0.3 is 18.1 Å². The quantitative estimate of drug-likeness (QED) is 0.468. The third-order valence-corrected chi connectivity index (χ3v) is 2.17. The van der Waals surface area contributed by atoms with E-state index < -0.39 is 56.7 Å². The number of amides is 1. The Kier molecular flexibility index (Phi) is 8.36. The Morgan fingerprint density at radius 3 is 1.86 bits per heavy atom. The van der Waals surface area contributed by atoms with Crippen molar-refractivity contribution in [3.63, 3.8) is 0 Å². The van der Waals surface area contributed by atoms with Gasteiger partial charge in [-0.25, -0.2) is 0 Å². The second-order valence-corrected chi connectivity index (χ2v) is 3.82. The van der Waals surface area contributed by atoms with Crippen molar-refractivity contribution in [2.75, 3.05) is 40.5 Å². The van der Waals surface area contributed by atoms with E-state index in [2.05, 4.69) is 14.2 Å². The Labute approximate surface area is 118 Å². The first kappa shape index (κ1) is 19.2. The molecule has 10 heteroatoms. The van der Waals surface area contributed by atoms with Gasteiger partial charge in [0.05, 0.1) is 27.2 Å². The molecule has 0 fully saturated rings. The molecule has 0 N–H and O–H groups in total. The first-order valence-electron chi connectivity index (χ1n) is 5.75. The Morgan fingerprint density at radius 2 is 1.48 bits per heavy atom. The van der Waals surface area contributed by atoms with E-state index in [9.17, 15) is 27.6 Å². The highest BCUT2D eigenvalue weighted by molar-refractivity contribution is 5.86. The zero-order valence-corrected chi connectivity index (χ0v) is 11.6. The predicted octanol–water partition coefficient (Wildman–Crippen LogP) is 0.130.